The van der Waals surface area contributed by atoms with Crippen LogP contribution in [-0.2, 0) is 16.1 Å². The first-order valence-electron chi connectivity index (χ1n) is 9.02. The van der Waals surface area contributed by atoms with Crippen LogP contribution in [0.4, 0.5) is 0 Å². The van der Waals surface area contributed by atoms with E-state index in [1.807, 2.05) is 44.2 Å². The Morgan fingerprint density at radius 3 is 2.29 bits per heavy atom. The minimum atomic E-state index is -0.527. The van der Waals surface area contributed by atoms with Gasteiger partial charge in [-0.05, 0) is 49.7 Å². The van der Waals surface area contributed by atoms with E-state index in [-0.39, 0.29) is 12.5 Å². The summed E-state index contributed by atoms with van der Waals surface area (Å²) in [6, 6.07) is 16.8. The number of carbonyl (C=O) groups excluding carboxylic acids is 2. The Balaban J connectivity index is 1.53. The molecule has 0 aliphatic heterocycles. The second-order valence-corrected chi connectivity index (χ2v) is 6.74. The molecule has 0 fully saturated rings. The largest absolute Gasteiger partial charge is 0.452 e. The Morgan fingerprint density at radius 2 is 1.68 bits per heavy atom. The van der Waals surface area contributed by atoms with Crippen LogP contribution in [0.3, 0.4) is 0 Å². The van der Waals surface area contributed by atoms with Gasteiger partial charge in [0.25, 0.3) is 5.91 Å². The zero-order valence-corrected chi connectivity index (χ0v) is 16.3. The van der Waals surface area contributed by atoms with Crippen molar-refractivity contribution in [3.63, 3.8) is 0 Å². The van der Waals surface area contributed by atoms with Crippen LogP contribution in [0.25, 0.3) is 5.69 Å². The molecule has 0 radical (unpaired) electrons. The van der Waals surface area contributed by atoms with E-state index >= 15 is 0 Å². The number of aryl methyl sites for hydroxylation is 2. The van der Waals surface area contributed by atoms with Crippen molar-refractivity contribution < 1.29 is 14.3 Å². The second kappa shape index (κ2) is 8.52. The maximum absolute atomic E-state index is 12.2. The summed E-state index contributed by atoms with van der Waals surface area (Å²) in [6.07, 6.45) is 1.72. The van der Waals surface area contributed by atoms with E-state index in [9.17, 15) is 9.59 Å². The number of benzene rings is 2. The lowest BCUT2D eigenvalue weighted by atomic mass is 10.1. The summed E-state index contributed by atoms with van der Waals surface area (Å²) < 4.78 is 6.95. The number of ether oxygens (including phenoxy) is 1. The minimum absolute atomic E-state index is 0.252. The van der Waals surface area contributed by atoms with E-state index in [2.05, 4.69) is 5.10 Å². The number of aromatic nitrogens is 2. The number of rotatable bonds is 6. The summed E-state index contributed by atoms with van der Waals surface area (Å²) in [5.41, 5.74) is 4.44. The molecule has 0 aliphatic carbocycles. The molecule has 2 aromatic carbocycles. The first-order valence-corrected chi connectivity index (χ1v) is 9.02. The van der Waals surface area contributed by atoms with Crippen LogP contribution in [0, 0.1) is 13.8 Å². The molecule has 28 heavy (non-hydrogen) atoms. The van der Waals surface area contributed by atoms with Gasteiger partial charge in [0.05, 0.1) is 11.3 Å². The quantitative estimate of drug-likeness (QED) is 0.618. The van der Waals surface area contributed by atoms with Gasteiger partial charge in [-0.25, -0.2) is 9.48 Å². The summed E-state index contributed by atoms with van der Waals surface area (Å²) >= 11 is 0. The van der Waals surface area contributed by atoms with Crippen molar-refractivity contribution in [3.8, 4) is 5.69 Å². The third-order valence-corrected chi connectivity index (χ3v) is 4.47. The molecule has 6 nitrogen and oxygen atoms in total. The molecule has 0 unspecified atom stereocenters. The Hall–Kier alpha value is -3.41. The van der Waals surface area contributed by atoms with Crippen molar-refractivity contribution in [2.75, 3.05) is 13.7 Å². The van der Waals surface area contributed by atoms with Crippen LogP contribution in [0.2, 0.25) is 0 Å². The minimum Gasteiger partial charge on any atom is -0.452 e. The summed E-state index contributed by atoms with van der Waals surface area (Å²) in [5, 5.41) is 4.23. The fourth-order valence-corrected chi connectivity index (χ4v) is 2.75. The Bertz CT molecular complexity index is 959. The summed E-state index contributed by atoms with van der Waals surface area (Å²) in [6.45, 7) is 4.14. The van der Waals surface area contributed by atoms with E-state index in [0.717, 1.165) is 16.9 Å². The highest BCUT2D eigenvalue weighted by atomic mass is 16.5. The highest BCUT2D eigenvalue weighted by Crippen LogP contribution is 2.12. The summed E-state index contributed by atoms with van der Waals surface area (Å²) in [7, 11) is 1.69. The molecule has 0 bridgehead atoms. The van der Waals surface area contributed by atoms with Gasteiger partial charge >= 0.3 is 5.97 Å². The number of hydrogen-bond acceptors (Lipinski definition) is 4. The number of nitrogens with zero attached hydrogens (tertiary/aromatic N) is 3. The van der Waals surface area contributed by atoms with Crippen LogP contribution in [0.5, 0.6) is 0 Å². The second-order valence-electron chi connectivity index (χ2n) is 6.74. The predicted molar refractivity (Wildman–Crippen MR) is 106 cm³/mol. The average molecular weight is 377 g/mol. The fourth-order valence-electron chi connectivity index (χ4n) is 2.75. The van der Waals surface area contributed by atoms with Gasteiger partial charge in [-0.15, -0.1) is 0 Å². The summed E-state index contributed by atoms with van der Waals surface area (Å²) in [4.78, 5) is 26.0. The van der Waals surface area contributed by atoms with Gasteiger partial charge in [-0.1, -0.05) is 29.8 Å². The molecule has 1 aromatic heterocycles. The molecule has 6 heteroatoms. The molecular formula is C22H23N3O3. The highest BCUT2D eigenvalue weighted by molar-refractivity contribution is 5.91. The van der Waals surface area contributed by atoms with Crippen LogP contribution < -0.4 is 0 Å². The Labute approximate surface area is 164 Å². The van der Waals surface area contributed by atoms with Gasteiger partial charge < -0.3 is 9.64 Å². The van der Waals surface area contributed by atoms with Crippen molar-refractivity contribution in [2.24, 2.45) is 0 Å². The number of esters is 1. The van der Waals surface area contributed by atoms with Gasteiger partial charge in [0.1, 0.15) is 0 Å². The van der Waals surface area contributed by atoms with Gasteiger partial charge in [0.2, 0.25) is 0 Å². The number of hydrogen-bond donors (Lipinski definition) is 0. The van der Waals surface area contributed by atoms with E-state index in [1.54, 1.807) is 47.1 Å². The number of carbonyl (C=O) groups is 2. The van der Waals surface area contributed by atoms with Crippen molar-refractivity contribution >= 4 is 11.9 Å². The first kappa shape index (κ1) is 19.4. The lowest BCUT2D eigenvalue weighted by molar-refractivity contribution is -0.133. The molecule has 0 atom stereocenters. The van der Waals surface area contributed by atoms with E-state index in [1.165, 1.54) is 5.56 Å². The molecule has 1 amide bonds. The van der Waals surface area contributed by atoms with Crippen LogP contribution in [0.15, 0.2) is 60.8 Å². The standard InChI is InChI=1S/C22H23N3O3/c1-16-4-6-18(7-5-16)14-24(3)21(26)15-28-22(27)19-8-10-20(11-9-19)25-17(2)12-13-23-25/h4-13H,14-15H2,1-3H3. The molecular weight excluding hydrogens is 354 g/mol. The summed E-state index contributed by atoms with van der Waals surface area (Å²) in [5.74, 6) is -0.779. The molecule has 0 saturated heterocycles. The third-order valence-electron chi connectivity index (χ3n) is 4.47. The van der Waals surface area contributed by atoms with Crippen LogP contribution >= 0.6 is 0 Å². The molecule has 0 N–H and O–H groups in total. The zero-order valence-electron chi connectivity index (χ0n) is 16.3. The molecule has 0 aliphatic rings. The average Bonchev–Trinajstić information content (AvgIpc) is 3.13. The normalized spacial score (nSPS) is 10.5. The monoisotopic (exact) mass is 377 g/mol. The van der Waals surface area contributed by atoms with Gasteiger partial charge in [0.15, 0.2) is 6.61 Å². The van der Waals surface area contributed by atoms with Gasteiger partial charge in [-0.2, -0.15) is 5.10 Å². The van der Waals surface area contributed by atoms with E-state index < -0.39 is 5.97 Å². The Morgan fingerprint density at radius 1 is 1.00 bits per heavy atom. The first-order chi connectivity index (χ1) is 13.4. The van der Waals surface area contributed by atoms with Gasteiger partial charge in [-0.3, -0.25) is 4.79 Å². The van der Waals surface area contributed by atoms with Crippen LogP contribution in [0.1, 0.15) is 27.2 Å². The van der Waals surface area contributed by atoms with E-state index in [4.69, 9.17) is 4.74 Å². The molecule has 0 saturated carbocycles. The topological polar surface area (TPSA) is 64.4 Å². The maximum atomic E-state index is 12.2. The number of amides is 1. The molecule has 0 spiro atoms. The van der Waals surface area contributed by atoms with Crippen molar-refractivity contribution in [2.45, 2.75) is 20.4 Å². The predicted octanol–water partition coefficient (Wildman–Crippen LogP) is 3.30. The maximum Gasteiger partial charge on any atom is 0.338 e. The van der Waals surface area contributed by atoms with E-state index in [0.29, 0.717) is 12.1 Å². The molecule has 3 rings (SSSR count). The molecule has 3 aromatic rings. The highest BCUT2D eigenvalue weighted by Gasteiger charge is 2.14. The third kappa shape index (κ3) is 4.65. The zero-order chi connectivity index (χ0) is 20.1. The number of likely N-dealkylation sites (N-methyl/N-ethyl adjacent to an activating group) is 1. The lowest BCUT2D eigenvalue weighted by Gasteiger charge is -2.17. The lowest BCUT2D eigenvalue weighted by Crippen LogP contribution is -2.30. The fraction of sp³-hybridized carbons (Fsp3) is 0.227. The Kier molecular flexibility index (Phi) is 5.89. The van der Waals surface area contributed by atoms with Crippen molar-refractivity contribution in [3.05, 3.63) is 83.2 Å². The SMILES string of the molecule is Cc1ccc(CN(C)C(=O)COC(=O)c2ccc(-n3nccc3C)cc2)cc1. The van der Waals surface area contributed by atoms with Gasteiger partial charge in [0, 0.05) is 25.5 Å². The molecule has 1 heterocycles. The smallest absolute Gasteiger partial charge is 0.338 e. The van der Waals surface area contributed by atoms with Crippen molar-refractivity contribution in [1.29, 1.82) is 0 Å². The van der Waals surface area contributed by atoms with Crippen LogP contribution in [-0.4, -0.2) is 40.2 Å². The molecule has 144 valence electrons. The van der Waals surface area contributed by atoms with Crippen molar-refractivity contribution in [1.82, 2.24) is 14.7 Å².